The van der Waals surface area contributed by atoms with Crippen molar-refractivity contribution in [2.45, 2.75) is 13.3 Å². The summed E-state index contributed by atoms with van der Waals surface area (Å²) in [6.45, 7) is 2.54. The number of carbonyl (C=O) groups is 1. The molecule has 1 aromatic carbocycles. The van der Waals surface area contributed by atoms with Gasteiger partial charge < -0.3 is 15.2 Å². The fourth-order valence-corrected chi connectivity index (χ4v) is 1.41. The number of anilines is 1. The van der Waals surface area contributed by atoms with Gasteiger partial charge in [0.15, 0.2) is 0 Å². The number of ether oxygens (including phenoxy) is 2. The van der Waals surface area contributed by atoms with E-state index in [1.165, 1.54) is 19.2 Å². The van der Waals surface area contributed by atoms with Gasteiger partial charge in [-0.25, -0.2) is 4.79 Å². The monoisotopic (exact) mass is 243 g/mol. The molecule has 0 spiro atoms. The molecule has 0 amide bonds. The Hall–Kier alpha value is -1.42. The van der Waals surface area contributed by atoms with Crippen molar-refractivity contribution in [2.24, 2.45) is 0 Å². The molecule has 0 saturated carbocycles. The maximum atomic E-state index is 11.3. The minimum absolute atomic E-state index is 0.241. The van der Waals surface area contributed by atoms with Gasteiger partial charge in [-0.05, 0) is 12.5 Å². The third-order valence-corrected chi connectivity index (χ3v) is 2.28. The lowest BCUT2D eigenvalue weighted by Crippen LogP contribution is -2.05. The summed E-state index contributed by atoms with van der Waals surface area (Å²) in [4.78, 5) is 11.3. The minimum atomic E-state index is -0.515. The average Bonchev–Trinajstić information content (AvgIpc) is 2.28. The molecule has 1 rings (SSSR count). The van der Waals surface area contributed by atoms with Gasteiger partial charge in [-0.1, -0.05) is 18.5 Å². The van der Waals surface area contributed by atoms with Gasteiger partial charge in [-0.2, -0.15) is 0 Å². The SMILES string of the molecule is CCCOc1cc(Cl)c(C(=O)OC)cc1N. The molecule has 5 heteroatoms. The van der Waals surface area contributed by atoms with Crippen LogP contribution < -0.4 is 10.5 Å². The van der Waals surface area contributed by atoms with Crippen LogP contribution in [0.2, 0.25) is 5.02 Å². The van der Waals surface area contributed by atoms with E-state index in [2.05, 4.69) is 4.74 Å². The van der Waals surface area contributed by atoms with Crippen LogP contribution in [0, 0.1) is 0 Å². The van der Waals surface area contributed by atoms with E-state index in [-0.39, 0.29) is 10.6 Å². The van der Waals surface area contributed by atoms with E-state index in [0.717, 1.165) is 6.42 Å². The minimum Gasteiger partial charge on any atom is -0.491 e. The second-order valence-corrected chi connectivity index (χ2v) is 3.62. The molecule has 0 radical (unpaired) electrons. The molecule has 0 unspecified atom stereocenters. The molecular weight excluding hydrogens is 230 g/mol. The zero-order chi connectivity index (χ0) is 12.1. The first-order valence-electron chi connectivity index (χ1n) is 4.90. The number of esters is 1. The van der Waals surface area contributed by atoms with E-state index in [4.69, 9.17) is 22.1 Å². The van der Waals surface area contributed by atoms with E-state index < -0.39 is 5.97 Å². The Morgan fingerprint density at radius 1 is 1.50 bits per heavy atom. The number of halogens is 1. The van der Waals surface area contributed by atoms with Crippen LogP contribution in [0.3, 0.4) is 0 Å². The van der Waals surface area contributed by atoms with Crippen molar-refractivity contribution in [1.29, 1.82) is 0 Å². The van der Waals surface area contributed by atoms with Gasteiger partial charge in [0, 0.05) is 6.07 Å². The highest BCUT2D eigenvalue weighted by molar-refractivity contribution is 6.33. The normalized spacial score (nSPS) is 9.94. The molecule has 0 saturated heterocycles. The van der Waals surface area contributed by atoms with Crippen LogP contribution in [0.1, 0.15) is 23.7 Å². The summed E-state index contributed by atoms with van der Waals surface area (Å²) in [6, 6.07) is 2.98. The highest BCUT2D eigenvalue weighted by atomic mass is 35.5. The molecule has 0 aliphatic heterocycles. The number of hydrogen-bond donors (Lipinski definition) is 1. The molecule has 1 aromatic rings. The Labute approximate surface area is 99.3 Å². The summed E-state index contributed by atoms with van der Waals surface area (Å²) in [5.41, 5.74) is 6.35. The quantitative estimate of drug-likeness (QED) is 0.652. The van der Waals surface area contributed by atoms with Gasteiger partial charge in [0.25, 0.3) is 0 Å². The standard InChI is InChI=1S/C11H14ClNO3/c1-3-4-16-10-6-8(12)7(5-9(10)13)11(14)15-2/h5-6H,3-4,13H2,1-2H3. The summed E-state index contributed by atoms with van der Waals surface area (Å²) in [7, 11) is 1.29. The molecule has 0 heterocycles. The van der Waals surface area contributed by atoms with Gasteiger partial charge in [0.05, 0.1) is 30.0 Å². The number of methoxy groups -OCH3 is 1. The van der Waals surface area contributed by atoms with E-state index in [0.29, 0.717) is 18.0 Å². The first kappa shape index (κ1) is 12.6. The number of nitrogen functional groups attached to an aromatic ring is 1. The van der Waals surface area contributed by atoms with Crippen molar-refractivity contribution >= 4 is 23.3 Å². The van der Waals surface area contributed by atoms with Gasteiger partial charge in [-0.3, -0.25) is 0 Å². The van der Waals surface area contributed by atoms with E-state index >= 15 is 0 Å². The van der Waals surface area contributed by atoms with E-state index in [1.807, 2.05) is 6.92 Å². The number of nitrogens with two attached hydrogens (primary N) is 1. The zero-order valence-corrected chi connectivity index (χ0v) is 10.0. The molecule has 0 aromatic heterocycles. The third-order valence-electron chi connectivity index (χ3n) is 1.97. The number of hydrogen-bond acceptors (Lipinski definition) is 4. The molecule has 0 bridgehead atoms. The van der Waals surface area contributed by atoms with Crippen molar-refractivity contribution in [1.82, 2.24) is 0 Å². The van der Waals surface area contributed by atoms with E-state index in [9.17, 15) is 4.79 Å². The molecule has 2 N–H and O–H groups in total. The van der Waals surface area contributed by atoms with Crippen molar-refractivity contribution in [3.63, 3.8) is 0 Å². The summed E-state index contributed by atoms with van der Waals surface area (Å²) < 4.78 is 9.95. The number of benzene rings is 1. The van der Waals surface area contributed by atoms with Gasteiger partial charge in [0.1, 0.15) is 5.75 Å². The molecule has 4 nitrogen and oxygen atoms in total. The maximum absolute atomic E-state index is 11.3. The molecule has 0 fully saturated rings. The lowest BCUT2D eigenvalue weighted by molar-refractivity contribution is 0.0601. The highest BCUT2D eigenvalue weighted by Crippen LogP contribution is 2.29. The van der Waals surface area contributed by atoms with Crippen molar-refractivity contribution in [3.05, 3.63) is 22.7 Å². The smallest absolute Gasteiger partial charge is 0.339 e. The van der Waals surface area contributed by atoms with Crippen LogP contribution in [0.5, 0.6) is 5.75 Å². The Morgan fingerprint density at radius 3 is 2.75 bits per heavy atom. The van der Waals surface area contributed by atoms with Crippen LogP contribution in [-0.4, -0.2) is 19.7 Å². The van der Waals surface area contributed by atoms with Gasteiger partial charge >= 0.3 is 5.97 Å². The third kappa shape index (κ3) is 2.79. The fourth-order valence-electron chi connectivity index (χ4n) is 1.18. The topological polar surface area (TPSA) is 61.5 Å². The highest BCUT2D eigenvalue weighted by Gasteiger charge is 2.14. The second kappa shape index (κ2) is 5.61. The number of rotatable bonds is 4. The van der Waals surface area contributed by atoms with Crippen molar-refractivity contribution in [3.8, 4) is 5.75 Å². The summed E-state index contributed by atoms with van der Waals surface area (Å²) in [5.74, 6) is -0.0294. The Balaban J connectivity index is 3.02. The number of carbonyl (C=O) groups excluding carboxylic acids is 1. The molecule has 0 aliphatic rings. The molecule has 88 valence electrons. The van der Waals surface area contributed by atoms with Gasteiger partial charge in [0.2, 0.25) is 0 Å². The second-order valence-electron chi connectivity index (χ2n) is 3.21. The summed E-state index contributed by atoms with van der Waals surface area (Å²) in [5, 5.41) is 0.271. The Morgan fingerprint density at radius 2 is 2.19 bits per heavy atom. The molecular formula is C11H14ClNO3. The van der Waals surface area contributed by atoms with E-state index in [1.54, 1.807) is 0 Å². The maximum Gasteiger partial charge on any atom is 0.339 e. The summed E-state index contributed by atoms with van der Waals surface area (Å²) >= 11 is 5.92. The Kier molecular flexibility index (Phi) is 4.43. The predicted octanol–water partition coefficient (Wildman–Crippen LogP) is 2.50. The predicted molar refractivity (Wildman–Crippen MR) is 63.0 cm³/mol. The molecule has 0 aliphatic carbocycles. The van der Waals surface area contributed by atoms with Crippen LogP contribution in [-0.2, 0) is 4.74 Å². The molecule has 16 heavy (non-hydrogen) atoms. The first-order chi connectivity index (χ1) is 7.60. The van der Waals surface area contributed by atoms with Gasteiger partial charge in [-0.15, -0.1) is 0 Å². The van der Waals surface area contributed by atoms with Crippen molar-refractivity contribution in [2.75, 3.05) is 19.5 Å². The average molecular weight is 244 g/mol. The van der Waals surface area contributed by atoms with Crippen molar-refractivity contribution < 1.29 is 14.3 Å². The van der Waals surface area contributed by atoms with Crippen LogP contribution in [0.25, 0.3) is 0 Å². The molecule has 0 atom stereocenters. The largest absolute Gasteiger partial charge is 0.491 e. The van der Waals surface area contributed by atoms with Crippen LogP contribution in [0.4, 0.5) is 5.69 Å². The zero-order valence-electron chi connectivity index (χ0n) is 9.25. The van der Waals surface area contributed by atoms with Crippen LogP contribution >= 0.6 is 11.6 Å². The van der Waals surface area contributed by atoms with Crippen LogP contribution in [0.15, 0.2) is 12.1 Å². The fraction of sp³-hybridized carbons (Fsp3) is 0.364. The Bertz CT molecular complexity index is 393. The lowest BCUT2D eigenvalue weighted by atomic mass is 10.2. The first-order valence-corrected chi connectivity index (χ1v) is 5.28. The lowest BCUT2D eigenvalue weighted by Gasteiger charge is -2.10. The summed E-state index contributed by atoms with van der Waals surface area (Å²) in [6.07, 6.45) is 0.871.